The lowest BCUT2D eigenvalue weighted by atomic mass is 10.2. The van der Waals surface area contributed by atoms with Gasteiger partial charge in [0.2, 0.25) is 0 Å². The van der Waals surface area contributed by atoms with Crippen LogP contribution in [0.1, 0.15) is 29.8 Å². The number of benzene rings is 2. The summed E-state index contributed by atoms with van der Waals surface area (Å²) in [4.78, 5) is 12.2. The number of halogens is 1. The molecule has 0 bridgehead atoms. The molecule has 0 saturated heterocycles. The maximum atomic E-state index is 13.1. The van der Waals surface area contributed by atoms with Gasteiger partial charge in [-0.05, 0) is 49.7 Å². The molecule has 4 nitrogen and oxygen atoms in total. The SMILES string of the molecule is CC(C)S(=O)(=O)c1ccc(CNC(=O)c2cccc(F)c2)cc1. The first-order valence-electron chi connectivity index (χ1n) is 7.17. The molecule has 0 aliphatic heterocycles. The molecule has 23 heavy (non-hydrogen) atoms. The van der Waals surface area contributed by atoms with Gasteiger partial charge in [0.1, 0.15) is 5.82 Å². The Bertz CT molecular complexity index is 799. The van der Waals surface area contributed by atoms with Crippen LogP contribution in [0.3, 0.4) is 0 Å². The molecule has 0 fully saturated rings. The summed E-state index contributed by atoms with van der Waals surface area (Å²) in [5.74, 6) is -0.857. The second-order valence-electron chi connectivity index (χ2n) is 5.43. The molecule has 6 heteroatoms. The van der Waals surface area contributed by atoms with Gasteiger partial charge < -0.3 is 5.32 Å². The van der Waals surface area contributed by atoms with Crippen molar-refractivity contribution in [2.24, 2.45) is 0 Å². The van der Waals surface area contributed by atoms with Crippen LogP contribution in [0, 0.1) is 5.82 Å². The zero-order valence-corrected chi connectivity index (χ0v) is 13.7. The Balaban J connectivity index is 2.03. The van der Waals surface area contributed by atoms with Crippen molar-refractivity contribution in [3.8, 4) is 0 Å². The molecule has 1 N–H and O–H groups in total. The van der Waals surface area contributed by atoms with Crippen molar-refractivity contribution in [1.29, 1.82) is 0 Å². The van der Waals surface area contributed by atoms with E-state index in [1.54, 1.807) is 26.0 Å². The molecule has 0 radical (unpaired) electrons. The predicted molar refractivity (Wildman–Crippen MR) is 86.3 cm³/mol. The first-order chi connectivity index (χ1) is 10.8. The Morgan fingerprint density at radius 2 is 1.78 bits per heavy atom. The van der Waals surface area contributed by atoms with Crippen LogP contribution in [0.4, 0.5) is 4.39 Å². The zero-order valence-electron chi connectivity index (χ0n) is 12.9. The van der Waals surface area contributed by atoms with Gasteiger partial charge in [0.15, 0.2) is 9.84 Å². The lowest BCUT2D eigenvalue weighted by Crippen LogP contribution is -2.23. The molecule has 2 aromatic carbocycles. The van der Waals surface area contributed by atoms with E-state index in [0.29, 0.717) is 0 Å². The number of hydrogen-bond acceptors (Lipinski definition) is 3. The van der Waals surface area contributed by atoms with E-state index in [2.05, 4.69) is 5.32 Å². The van der Waals surface area contributed by atoms with Crippen LogP contribution in [0.5, 0.6) is 0 Å². The molecule has 0 aromatic heterocycles. The third kappa shape index (κ3) is 4.16. The summed E-state index contributed by atoms with van der Waals surface area (Å²) in [6.45, 7) is 3.49. The van der Waals surface area contributed by atoms with E-state index >= 15 is 0 Å². The maximum absolute atomic E-state index is 13.1. The van der Waals surface area contributed by atoms with Gasteiger partial charge in [-0.25, -0.2) is 12.8 Å². The number of nitrogens with one attached hydrogen (secondary N) is 1. The van der Waals surface area contributed by atoms with Crippen LogP contribution in [-0.2, 0) is 16.4 Å². The van der Waals surface area contributed by atoms with Crippen molar-refractivity contribution in [1.82, 2.24) is 5.32 Å². The van der Waals surface area contributed by atoms with E-state index in [1.165, 1.54) is 30.3 Å². The number of amides is 1. The molecule has 2 rings (SSSR count). The molecule has 0 atom stereocenters. The van der Waals surface area contributed by atoms with E-state index < -0.39 is 20.9 Å². The molecule has 2 aromatic rings. The average molecular weight is 335 g/mol. The van der Waals surface area contributed by atoms with E-state index in [0.717, 1.165) is 11.6 Å². The van der Waals surface area contributed by atoms with E-state index in [9.17, 15) is 17.6 Å². The summed E-state index contributed by atoms with van der Waals surface area (Å²) in [6, 6.07) is 11.8. The van der Waals surface area contributed by atoms with Crippen molar-refractivity contribution >= 4 is 15.7 Å². The highest BCUT2D eigenvalue weighted by atomic mass is 32.2. The standard InChI is InChI=1S/C17H18FNO3S/c1-12(2)23(21,22)16-8-6-13(7-9-16)11-19-17(20)14-4-3-5-15(18)10-14/h3-10,12H,11H2,1-2H3,(H,19,20). The Morgan fingerprint density at radius 3 is 2.35 bits per heavy atom. The minimum atomic E-state index is -3.30. The van der Waals surface area contributed by atoms with Gasteiger partial charge in [-0.2, -0.15) is 0 Å². The largest absolute Gasteiger partial charge is 0.348 e. The van der Waals surface area contributed by atoms with Crippen LogP contribution in [-0.4, -0.2) is 19.6 Å². The predicted octanol–water partition coefficient (Wildman–Crippen LogP) is 2.94. The lowest BCUT2D eigenvalue weighted by molar-refractivity contribution is 0.0950. The van der Waals surface area contributed by atoms with Crippen LogP contribution in [0.25, 0.3) is 0 Å². The molecule has 0 saturated carbocycles. The quantitative estimate of drug-likeness (QED) is 0.914. The lowest BCUT2D eigenvalue weighted by Gasteiger charge is -2.09. The number of carbonyl (C=O) groups is 1. The van der Waals surface area contributed by atoms with Crippen molar-refractivity contribution in [3.63, 3.8) is 0 Å². The van der Waals surface area contributed by atoms with Crippen molar-refractivity contribution < 1.29 is 17.6 Å². The minimum absolute atomic E-state index is 0.233. The summed E-state index contributed by atoms with van der Waals surface area (Å²) < 4.78 is 37.1. The van der Waals surface area contributed by atoms with E-state index in [4.69, 9.17) is 0 Å². The summed E-state index contributed by atoms with van der Waals surface area (Å²) in [5.41, 5.74) is 1.00. The molecule has 0 unspecified atom stereocenters. The minimum Gasteiger partial charge on any atom is -0.348 e. The fourth-order valence-electron chi connectivity index (χ4n) is 1.98. The fraction of sp³-hybridized carbons (Fsp3) is 0.235. The number of sulfone groups is 1. The van der Waals surface area contributed by atoms with Crippen molar-refractivity contribution in [3.05, 3.63) is 65.5 Å². The van der Waals surface area contributed by atoms with Gasteiger partial charge >= 0.3 is 0 Å². The summed E-state index contributed by atoms with van der Waals surface area (Å²) in [7, 11) is -3.30. The normalized spacial score (nSPS) is 11.5. The zero-order chi connectivity index (χ0) is 17.0. The van der Waals surface area contributed by atoms with Crippen LogP contribution in [0.2, 0.25) is 0 Å². The van der Waals surface area contributed by atoms with Crippen LogP contribution < -0.4 is 5.32 Å². The summed E-state index contributed by atoms with van der Waals surface area (Å²) >= 11 is 0. The van der Waals surface area contributed by atoms with Crippen LogP contribution in [0.15, 0.2) is 53.4 Å². The van der Waals surface area contributed by atoms with Crippen molar-refractivity contribution in [2.75, 3.05) is 0 Å². The Labute approximate surface area is 135 Å². The van der Waals surface area contributed by atoms with Gasteiger partial charge in [-0.3, -0.25) is 4.79 Å². The van der Waals surface area contributed by atoms with Gasteiger partial charge in [-0.15, -0.1) is 0 Å². The third-order valence-corrected chi connectivity index (χ3v) is 5.58. The molecule has 122 valence electrons. The van der Waals surface area contributed by atoms with Crippen LogP contribution >= 0.6 is 0 Å². The Morgan fingerprint density at radius 1 is 1.13 bits per heavy atom. The smallest absolute Gasteiger partial charge is 0.251 e. The highest BCUT2D eigenvalue weighted by Gasteiger charge is 2.18. The number of hydrogen-bond donors (Lipinski definition) is 1. The molecular formula is C17H18FNO3S. The summed E-state index contributed by atoms with van der Waals surface area (Å²) in [5, 5.41) is 2.18. The van der Waals surface area contributed by atoms with Gasteiger partial charge in [0, 0.05) is 12.1 Å². The second kappa shape index (κ2) is 6.91. The Kier molecular flexibility index (Phi) is 5.15. The van der Waals surface area contributed by atoms with E-state index in [1.807, 2.05) is 0 Å². The average Bonchev–Trinajstić information content (AvgIpc) is 2.52. The summed E-state index contributed by atoms with van der Waals surface area (Å²) in [6.07, 6.45) is 0. The number of rotatable bonds is 5. The Hall–Kier alpha value is -2.21. The third-order valence-electron chi connectivity index (χ3n) is 3.41. The maximum Gasteiger partial charge on any atom is 0.251 e. The highest BCUT2D eigenvalue weighted by molar-refractivity contribution is 7.92. The molecule has 0 aliphatic carbocycles. The highest BCUT2D eigenvalue weighted by Crippen LogP contribution is 2.16. The molecule has 0 spiro atoms. The van der Waals surface area contributed by atoms with Gasteiger partial charge in [-0.1, -0.05) is 18.2 Å². The topological polar surface area (TPSA) is 63.2 Å². The molecule has 0 heterocycles. The first kappa shape index (κ1) is 17.1. The van der Waals surface area contributed by atoms with E-state index in [-0.39, 0.29) is 22.9 Å². The van der Waals surface area contributed by atoms with Gasteiger partial charge in [0.05, 0.1) is 10.1 Å². The second-order valence-corrected chi connectivity index (χ2v) is 7.93. The monoisotopic (exact) mass is 335 g/mol. The van der Waals surface area contributed by atoms with Crippen molar-refractivity contribution in [2.45, 2.75) is 30.5 Å². The first-order valence-corrected chi connectivity index (χ1v) is 8.72. The molecule has 1 amide bonds. The molecular weight excluding hydrogens is 317 g/mol. The fourth-order valence-corrected chi connectivity index (χ4v) is 3.04. The molecule has 0 aliphatic rings. The number of carbonyl (C=O) groups excluding carboxylic acids is 1. The van der Waals surface area contributed by atoms with Gasteiger partial charge in [0.25, 0.3) is 5.91 Å².